The average molecular weight is 770 g/mol. The van der Waals surface area contributed by atoms with Crippen molar-refractivity contribution in [1.82, 2.24) is 15.6 Å². The van der Waals surface area contributed by atoms with Crippen LogP contribution in [0.1, 0.15) is 94.4 Å². The Morgan fingerprint density at radius 3 is 1.58 bits per heavy atom. The van der Waals surface area contributed by atoms with Gasteiger partial charge in [-0.25, -0.2) is 9.78 Å². The van der Waals surface area contributed by atoms with Crippen molar-refractivity contribution < 1.29 is 38.6 Å². The third-order valence-corrected chi connectivity index (χ3v) is 9.16. The van der Waals surface area contributed by atoms with Gasteiger partial charge in [-0.1, -0.05) is 18.2 Å². The SMILES string of the molecule is COC(=O)c1cccc(COc2ccc(C(=O)Nc3cc(C(=O)NC4CC4)ccc3C)cc2)n1.Cc1ccc(C(=O)NC2CC2)cc1NC(=O)c1ccc(O)cc1. The van der Waals surface area contributed by atoms with Gasteiger partial charge in [0.15, 0.2) is 0 Å². The maximum atomic E-state index is 12.7. The number of esters is 1. The molecule has 2 saturated carbocycles. The van der Waals surface area contributed by atoms with Crippen LogP contribution in [0.4, 0.5) is 11.4 Å². The number of aryl methyl sites for hydroxylation is 2. The van der Waals surface area contributed by atoms with E-state index in [9.17, 15) is 29.1 Å². The van der Waals surface area contributed by atoms with Crippen molar-refractivity contribution in [3.8, 4) is 11.5 Å². The first-order valence-corrected chi connectivity index (χ1v) is 18.5. The predicted molar refractivity (Wildman–Crippen MR) is 214 cm³/mol. The molecule has 0 unspecified atom stereocenters. The molecular formula is C44H43N5O8. The number of aromatic nitrogens is 1. The smallest absolute Gasteiger partial charge is 0.356 e. The first kappa shape index (κ1) is 39.7. The number of carbonyl (C=O) groups excluding carboxylic acids is 5. The van der Waals surface area contributed by atoms with Crippen molar-refractivity contribution in [2.24, 2.45) is 0 Å². The lowest BCUT2D eigenvalue weighted by atomic mass is 10.1. The van der Waals surface area contributed by atoms with Crippen LogP contribution >= 0.6 is 0 Å². The molecule has 5 aromatic rings. The molecule has 1 aromatic heterocycles. The number of hydrogen-bond donors (Lipinski definition) is 5. The third-order valence-electron chi connectivity index (χ3n) is 9.16. The molecular weight excluding hydrogens is 727 g/mol. The Bertz CT molecular complexity index is 2280. The van der Waals surface area contributed by atoms with E-state index in [4.69, 9.17) is 4.74 Å². The average Bonchev–Trinajstić information content (AvgIpc) is 4.17. The number of nitrogens with one attached hydrogen (secondary N) is 4. The monoisotopic (exact) mass is 769 g/mol. The number of benzene rings is 4. The number of ether oxygens (including phenoxy) is 2. The molecule has 0 spiro atoms. The molecule has 292 valence electrons. The first-order valence-electron chi connectivity index (χ1n) is 18.5. The largest absolute Gasteiger partial charge is 0.508 e. The number of pyridine rings is 1. The molecule has 0 aliphatic heterocycles. The zero-order valence-corrected chi connectivity index (χ0v) is 31.8. The molecule has 2 aliphatic carbocycles. The quantitative estimate of drug-likeness (QED) is 0.0857. The van der Waals surface area contributed by atoms with Crippen LogP contribution in [0.2, 0.25) is 0 Å². The standard InChI is InChI=1S/C26H25N3O5.C18H18N2O3/c1-16-6-7-18(25(31)28-19-10-11-19)14-23(16)29-24(30)17-8-12-21(13-9-17)34-15-20-4-3-5-22(27-20)26(32)33-2;1-11-2-3-13(18(23)19-14-6-7-14)10-16(11)20-17(22)12-4-8-15(21)9-5-12/h3-9,12-14,19H,10-11,15H2,1-2H3,(H,28,31)(H,29,30);2-5,8-10,14,21H,6-7H2,1H3,(H,19,23)(H,20,22). The number of amides is 4. The van der Waals surface area contributed by atoms with Gasteiger partial charge in [-0.2, -0.15) is 0 Å². The third kappa shape index (κ3) is 11.3. The summed E-state index contributed by atoms with van der Waals surface area (Å²) >= 11 is 0. The normalized spacial score (nSPS) is 12.9. The Balaban J connectivity index is 0.000000208. The molecule has 4 aromatic carbocycles. The van der Waals surface area contributed by atoms with E-state index in [0.717, 1.165) is 36.8 Å². The highest BCUT2D eigenvalue weighted by Crippen LogP contribution is 2.24. The van der Waals surface area contributed by atoms with E-state index in [-0.39, 0.29) is 47.7 Å². The maximum absolute atomic E-state index is 12.7. The van der Waals surface area contributed by atoms with Crippen LogP contribution in [0.15, 0.2) is 103 Å². The van der Waals surface area contributed by atoms with Crippen LogP contribution in [-0.4, -0.2) is 58.9 Å². The van der Waals surface area contributed by atoms with Crippen LogP contribution in [0.25, 0.3) is 0 Å². The van der Waals surface area contributed by atoms with E-state index < -0.39 is 5.97 Å². The van der Waals surface area contributed by atoms with Gasteiger partial charge in [-0.15, -0.1) is 0 Å². The summed E-state index contributed by atoms with van der Waals surface area (Å²) in [6.45, 7) is 3.90. The van der Waals surface area contributed by atoms with Gasteiger partial charge in [0.25, 0.3) is 23.6 Å². The van der Waals surface area contributed by atoms with Gasteiger partial charge >= 0.3 is 5.97 Å². The molecule has 1 heterocycles. The highest BCUT2D eigenvalue weighted by atomic mass is 16.5. The van der Waals surface area contributed by atoms with Gasteiger partial charge in [0.1, 0.15) is 23.8 Å². The minimum Gasteiger partial charge on any atom is -0.508 e. The van der Waals surface area contributed by atoms with Crippen LogP contribution in [0.3, 0.4) is 0 Å². The lowest BCUT2D eigenvalue weighted by molar-refractivity contribution is 0.0592. The number of phenolic OH excluding ortho intramolecular Hbond substituents is 1. The van der Waals surface area contributed by atoms with E-state index in [1.807, 2.05) is 26.0 Å². The van der Waals surface area contributed by atoms with Crippen LogP contribution in [0.5, 0.6) is 11.5 Å². The van der Waals surface area contributed by atoms with Gasteiger partial charge in [-0.05, 0) is 136 Å². The summed E-state index contributed by atoms with van der Waals surface area (Å²) in [5.41, 5.74) is 5.64. The second kappa shape index (κ2) is 18.1. The molecule has 0 saturated heterocycles. The zero-order valence-electron chi connectivity index (χ0n) is 31.8. The molecule has 7 rings (SSSR count). The Hall–Kier alpha value is -7.02. The molecule has 0 atom stereocenters. The van der Waals surface area contributed by atoms with Gasteiger partial charge in [0.05, 0.1) is 12.8 Å². The Labute approximate surface area is 329 Å². The summed E-state index contributed by atoms with van der Waals surface area (Å²) in [7, 11) is 1.30. The lowest BCUT2D eigenvalue weighted by Crippen LogP contribution is -2.25. The van der Waals surface area contributed by atoms with Gasteiger partial charge in [0, 0.05) is 45.7 Å². The van der Waals surface area contributed by atoms with E-state index in [1.54, 1.807) is 78.9 Å². The van der Waals surface area contributed by atoms with E-state index in [1.165, 1.54) is 19.2 Å². The molecule has 0 radical (unpaired) electrons. The Morgan fingerprint density at radius 2 is 1.11 bits per heavy atom. The Morgan fingerprint density at radius 1 is 0.632 bits per heavy atom. The Kier molecular flexibility index (Phi) is 12.6. The van der Waals surface area contributed by atoms with E-state index in [0.29, 0.717) is 51.1 Å². The number of phenols is 1. The molecule has 13 heteroatoms. The highest BCUT2D eigenvalue weighted by molar-refractivity contribution is 6.06. The molecule has 2 fully saturated rings. The molecule has 0 bridgehead atoms. The maximum Gasteiger partial charge on any atom is 0.356 e. The lowest BCUT2D eigenvalue weighted by Gasteiger charge is -2.12. The second-order valence-electron chi connectivity index (χ2n) is 13.8. The van der Waals surface area contributed by atoms with Gasteiger partial charge in [0.2, 0.25) is 0 Å². The van der Waals surface area contributed by atoms with Gasteiger partial charge < -0.3 is 35.8 Å². The fourth-order valence-electron chi connectivity index (χ4n) is 5.43. The molecule has 4 amide bonds. The molecule has 2 aliphatic rings. The summed E-state index contributed by atoms with van der Waals surface area (Å²) in [5, 5.41) is 20.8. The minimum atomic E-state index is -0.512. The number of methoxy groups -OCH3 is 1. The number of aromatic hydroxyl groups is 1. The summed E-state index contributed by atoms with van der Waals surface area (Å²) in [6.07, 6.45) is 4.08. The van der Waals surface area contributed by atoms with Crippen molar-refractivity contribution >= 4 is 41.0 Å². The predicted octanol–water partition coefficient (Wildman–Crippen LogP) is 6.75. The number of anilines is 2. The highest BCUT2D eigenvalue weighted by Gasteiger charge is 2.25. The summed E-state index contributed by atoms with van der Waals surface area (Å²) < 4.78 is 10.4. The number of carbonyl (C=O) groups is 5. The van der Waals surface area contributed by atoms with Crippen molar-refractivity contribution in [3.63, 3.8) is 0 Å². The van der Waals surface area contributed by atoms with Crippen molar-refractivity contribution in [2.75, 3.05) is 17.7 Å². The van der Waals surface area contributed by atoms with Crippen molar-refractivity contribution in [2.45, 2.75) is 58.2 Å². The summed E-state index contributed by atoms with van der Waals surface area (Å²) in [6, 6.07) is 28.8. The fraction of sp³-hybridized carbons (Fsp3) is 0.227. The molecule has 13 nitrogen and oxygen atoms in total. The van der Waals surface area contributed by atoms with Crippen molar-refractivity contribution in [3.05, 3.63) is 148 Å². The summed E-state index contributed by atoms with van der Waals surface area (Å²) in [4.78, 5) is 65.2. The van der Waals surface area contributed by atoms with Crippen molar-refractivity contribution in [1.29, 1.82) is 0 Å². The topological polar surface area (TPSA) is 185 Å². The number of rotatable bonds is 12. The first-order chi connectivity index (χ1) is 27.4. The van der Waals surface area contributed by atoms with Gasteiger partial charge in [-0.3, -0.25) is 19.2 Å². The van der Waals surface area contributed by atoms with Crippen LogP contribution in [-0.2, 0) is 11.3 Å². The van der Waals surface area contributed by atoms with E-state index in [2.05, 4.69) is 31.0 Å². The zero-order chi connectivity index (χ0) is 40.5. The summed E-state index contributed by atoms with van der Waals surface area (Å²) in [5.74, 6) is -0.678. The number of hydrogen-bond acceptors (Lipinski definition) is 9. The van der Waals surface area contributed by atoms with Crippen LogP contribution < -0.4 is 26.0 Å². The van der Waals surface area contributed by atoms with E-state index >= 15 is 0 Å². The number of nitrogens with zero attached hydrogens (tertiary/aromatic N) is 1. The fourth-order valence-corrected chi connectivity index (χ4v) is 5.43. The second-order valence-corrected chi connectivity index (χ2v) is 13.8. The molecule has 57 heavy (non-hydrogen) atoms. The van der Waals surface area contributed by atoms with Crippen LogP contribution in [0, 0.1) is 13.8 Å². The molecule has 5 N–H and O–H groups in total. The minimum absolute atomic E-state index is 0.108.